The number of hydrogen-bond donors (Lipinski definition) is 2. The highest BCUT2D eigenvalue weighted by atomic mass is 79.9. The lowest BCUT2D eigenvalue weighted by atomic mass is 10.2. The molecule has 0 unspecified atom stereocenters. The van der Waals surface area contributed by atoms with Crippen molar-refractivity contribution in [1.82, 2.24) is 9.78 Å². The minimum absolute atomic E-state index is 0.115. The van der Waals surface area contributed by atoms with Crippen LogP contribution in [0.1, 0.15) is 5.56 Å². The van der Waals surface area contributed by atoms with Crippen LogP contribution in [0.25, 0.3) is 0 Å². The van der Waals surface area contributed by atoms with E-state index in [9.17, 15) is 4.79 Å². The molecule has 2 rings (SSSR count). The molecule has 5 heteroatoms. The van der Waals surface area contributed by atoms with Crippen LogP contribution in [-0.2, 0) is 6.54 Å². The van der Waals surface area contributed by atoms with Crippen LogP contribution in [0.3, 0.4) is 0 Å². The van der Waals surface area contributed by atoms with E-state index in [-0.39, 0.29) is 5.56 Å². The molecule has 0 saturated heterocycles. The summed E-state index contributed by atoms with van der Waals surface area (Å²) in [5.74, 6) is 0.386. The molecule has 0 aliphatic carbocycles. The van der Waals surface area contributed by atoms with Gasteiger partial charge in [-0.1, -0.05) is 28.1 Å². The second-order valence-electron chi connectivity index (χ2n) is 3.26. The topological polar surface area (TPSA) is 63.8 Å². The zero-order valence-electron chi connectivity index (χ0n) is 7.90. The highest BCUT2D eigenvalue weighted by molar-refractivity contribution is 9.10. The van der Waals surface area contributed by atoms with Crippen LogP contribution in [0.5, 0.6) is 0 Å². The normalized spacial score (nSPS) is 10.5. The van der Waals surface area contributed by atoms with Crippen molar-refractivity contribution in [2.75, 3.05) is 5.73 Å². The summed E-state index contributed by atoms with van der Waals surface area (Å²) in [5, 5.41) is 2.78. The molecule has 0 aliphatic heterocycles. The lowest BCUT2D eigenvalue weighted by Gasteiger charge is -2.02. The van der Waals surface area contributed by atoms with Crippen molar-refractivity contribution in [2.45, 2.75) is 6.54 Å². The predicted molar refractivity (Wildman–Crippen MR) is 62.7 cm³/mol. The minimum Gasteiger partial charge on any atom is -0.384 e. The molecule has 0 bridgehead atoms. The number of aromatic amines is 1. The Morgan fingerprint density at radius 1 is 1.33 bits per heavy atom. The van der Waals surface area contributed by atoms with Gasteiger partial charge in [0.25, 0.3) is 5.56 Å². The van der Waals surface area contributed by atoms with E-state index >= 15 is 0 Å². The Labute approximate surface area is 94.8 Å². The third-order valence-corrected chi connectivity index (χ3v) is 2.59. The van der Waals surface area contributed by atoms with E-state index in [1.165, 1.54) is 10.7 Å². The molecule has 2 aromatic rings. The Morgan fingerprint density at radius 3 is 2.53 bits per heavy atom. The van der Waals surface area contributed by atoms with Crippen LogP contribution in [-0.4, -0.2) is 9.78 Å². The Morgan fingerprint density at radius 2 is 2.00 bits per heavy atom. The Kier molecular flexibility index (Phi) is 2.64. The van der Waals surface area contributed by atoms with Gasteiger partial charge in [-0.3, -0.25) is 9.89 Å². The molecule has 0 amide bonds. The minimum atomic E-state index is -0.115. The van der Waals surface area contributed by atoms with Gasteiger partial charge >= 0.3 is 0 Å². The maximum Gasteiger partial charge on any atom is 0.268 e. The standard InChI is InChI=1S/C10H10BrN3O/c11-8-3-1-7(2-4-8)6-14-10(15)5-9(12)13-14/h1-5,13H,6,12H2. The van der Waals surface area contributed by atoms with Gasteiger partial charge in [0, 0.05) is 10.5 Å². The van der Waals surface area contributed by atoms with E-state index in [2.05, 4.69) is 21.0 Å². The maximum absolute atomic E-state index is 11.4. The van der Waals surface area contributed by atoms with Crippen molar-refractivity contribution in [3.63, 3.8) is 0 Å². The monoisotopic (exact) mass is 267 g/mol. The highest BCUT2D eigenvalue weighted by Crippen LogP contribution is 2.10. The van der Waals surface area contributed by atoms with Crippen molar-refractivity contribution in [3.8, 4) is 0 Å². The van der Waals surface area contributed by atoms with Crippen molar-refractivity contribution >= 4 is 21.7 Å². The van der Waals surface area contributed by atoms with Gasteiger partial charge < -0.3 is 5.73 Å². The number of nitrogen functional groups attached to an aromatic ring is 1. The number of halogens is 1. The fourth-order valence-corrected chi connectivity index (χ4v) is 1.61. The average molecular weight is 268 g/mol. The average Bonchev–Trinajstić information content (AvgIpc) is 2.49. The van der Waals surface area contributed by atoms with Gasteiger partial charge in [-0.05, 0) is 17.7 Å². The molecule has 3 N–H and O–H groups in total. The number of nitrogens with two attached hydrogens (primary N) is 1. The molecule has 0 radical (unpaired) electrons. The number of anilines is 1. The Balaban J connectivity index is 2.25. The number of aromatic nitrogens is 2. The van der Waals surface area contributed by atoms with E-state index in [1.807, 2.05) is 24.3 Å². The van der Waals surface area contributed by atoms with Gasteiger partial charge in [0.05, 0.1) is 6.54 Å². The lowest BCUT2D eigenvalue weighted by Crippen LogP contribution is -2.16. The van der Waals surface area contributed by atoms with Gasteiger partial charge in [0.15, 0.2) is 0 Å². The first-order valence-electron chi connectivity index (χ1n) is 4.45. The second-order valence-corrected chi connectivity index (χ2v) is 4.18. The van der Waals surface area contributed by atoms with Crippen LogP contribution in [0.2, 0.25) is 0 Å². The number of rotatable bonds is 2. The van der Waals surface area contributed by atoms with Crippen LogP contribution < -0.4 is 11.3 Å². The summed E-state index contributed by atoms with van der Waals surface area (Å²) in [7, 11) is 0. The molecule has 4 nitrogen and oxygen atoms in total. The molecule has 0 spiro atoms. The van der Waals surface area contributed by atoms with Crippen molar-refractivity contribution in [2.24, 2.45) is 0 Å². The van der Waals surface area contributed by atoms with E-state index in [4.69, 9.17) is 5.73 Å². The molecule has 1 heterocycles. The van der Waals surface area contributed by atoms with Crippen LogP contribution in [0.4, 0.5) is 5.82 Å². The molecule has 0 atom stereocenters. The third-order valence-electron chi connectivity index (χ3n) is 2.06. The van der Waals surface area contributed by atoms with Gasteiger partial charge in [0.2, 0.25) is 0 Å². The highest BCUT2D eigenvalue weighted by Gasteiger charge is 2.00. The summed E-state index contributed by atoms with van der Waals surface area (Å²) in [4.78, 5) is 11.4. The quantitative estimate of drug-likeness (QED) is 0.868. The molecule has 0 saturated carbocycles. The van der Waals surface area contributed by atoms with E-state index < -0.39 is 0 Å². The Bertz CT molecular complexity index is 512. The van der Waals surface area contributed by atoms with E-state index in [1.54, 1.807) is 0 Å². The summed E-state index contributed by atoms with van der Waals surface area (Å²) in [5.41, 5.74) is 6.40. The van der Waals surface area contributed by atoms with Crippen molar-refractivity contribution in [1.29, 1.82) is 0 Å². The number of H-pyrrole nitrogens is 1. The molecule has 1 aromatic heterocycles. The lowest BCUT2D eigenvalue weighted by molar-refractivity contribution is 0.666. The van der Waals surface area contributed by atoms with Gasteiger partial charge in [0.1, 0.15) is 5.82 Å². The van der Waals surface area contributed by atoms with E-state index in [0.717, 1.165) is 10.0 Å². The summed E-state index contributed by atoms with van der Waals surface area (Å²) >= 11 is 3.35. The van der Waals surface area contributed by atoms with Gasteiger partial charge in [-0.2, -0.15) is 0 Å². The first-order valence-corrected chi connectivity index (χ1v) is 5.24. The van der Waals surface area contributed by atoms with Gasteiger partial charge in [-0.25, -0.2) is 4.68 Å². The molecular formula is C10H10BrN3O. The zero-order valence-corrected chi connectivity index (χ0v) is 9.49. The predicted octanol–water partition coefficient (Wildman–Crippen LogP) is 1.57. The summed E-state index contributed by atoms with van der Waals surface area (Å²) in [6, 6.07) is 9.15. The Hall–Kier alpha value is -1.49. The smallest absolute Gasteiger partial charge is 0.268 e. The molecule has 1 aromatic carbocycles. The molecule has 0 aliphatic rings. The number of nitrogens with one attached hydrogen (secondary N) is 1. The molecule has 78 valence electrons. The van der Waals surface area contributed by atoms with Crippen molar-refractivity contribution in [3.05, 3.63) is 50.7 Å². The van der Waals surface area contributed by atoms with Crippen LogP contribution in [0, 0.1) is 0 Å². The number of nitrogens with zero attached hydrogens (tertiary/aromatic N) is 1. The summed E-state index contributed by atoms with van der Waals surface area (Å²) < 4.78 is 2.49. The summed E-state index contributed by atoms with van der Waals surface area (Å²) in [6.07, 6.45) is 0. The second kappa shape index (κ2) is 3.94. The first-order chi connectivity index (χ1) is 7.15. The van der Waals surface area contributed by atoms with Crippen molar-refractivity contribution < 1.29 is 0 Å². The molecule has 0 fully saturated rings. The van der Waals surface area contributed by atoms with E-state index in [0.29, 0.717) is 12.4 Å². The maximum atomic E-state index is 11.4. The van der Waals surface area contributed by atoms with Crippen LogP contribution in [0.15, 0.2) is 39.6 Å². The molecular weight excluding hydrogens is 258 g/mol. The fourth-order valence-electron chi connectivity index (χ4n) is 1.34. The number of benzene rings is 1. The molecule has 15 heavy (non-hydrogen) atoms. The third kappa shape index (κ3) is 2.30. The SMILES string of the molecule is Nc1cc(=O)n(Cc2ccc(Br)cc2)[nH]1. The van der Waals surface area contributed by atoms with Gasteiger partial charge in [-0.15, -0.1) is 0 Å². The zero-order chi connectivity index (χ0) is 10.8. The largest absolute Gasteiger partial charge is 0.384 e. The fraction of sp³-hybridized carbons (Fsp3) is 0.100. The van der Waals surface area contributed by atoms with Crippen LogP contribution >= 0.6 is 15.9 Å². The first kappa shape index (κ1) is 10.0. The summed E-state index contributed by atoms with van der Waals surface area (Å²) in [6.45, 7) is 0.503. The number of hydrogen-bond acceptors (Lipinski definition) is 2.